The Hall–Kier alpha value is -3.56. The first-order valence-electron chi connectivity index (χ1n) is 17.6. The van der Waals surface area contributed by atoms with Crippen LogP contribution >= 0.6 is 21.6 Å². The standard InChI is InChI=1S/C42H57N4O2S2/c1-8-37(33(4)29-39-11-13-41(31-35(39)6)45(9-2)22-25-47)15-18-43-19-27-49-50-28-24-44-20-16-38(17-21-44)34(5)30-40-12-14-42(32-36(40)7)46(10-3)23-26-48/h8,11-18,20-21,29-32,47-48H,1,9-10,19,22-28H2,2-7H3/q+1. The molecule has 6 nitrogen and oxygen atoms in total. The minimum Gasteiger partial charge on any atom is -0.395 e. The van der Waals surface area contributed by atoms with E-state index in [9.17, 15) is 10.2 Å². The fourth-order valence-corrected chi connectivity index (χ4v) is 7.49. The average molecular weight is 714 g/mol. The second kappa shape index (κ2) is 22.3. The minimum atomic E-state index is 0.151. The number of anilines is 2. The molecule has 0 saturated carbocycles. The van der Waals surface area contributed by atoms with Crippen LogP contribution in [-0.2, 0) is 6.54 Å². The van der Waals surface area contributed by atoms with Gasteiger partial charge in [0.2, 0.25) is 0 Å². The third-order valence-electron chi connectivity index (χ3n) is 8.69. The fourth-order valence-electron chi connectivity index (χ4n) is 5.64. The van der Waals surface area contributed by atoms with E-state index in [0.29, 0.717) is 13.1 Å². The van der Waals surface area contributed by atoms with Crippen molar-refractivity contribution in [1.29, 1.82) is 0 Å². The van der Waals surface area contributed by atoms with Gasteiger partial charge >= 0.3 is 0 Å². The minimum absolute atomic E-state index is 0.151. The molecule has 0 saturated heterocycles. The lowest BCUT2D eigenvalue weighted by atomic mass is 10.0. The Morgan fingerprint density at radius 2 is 1.38 bits per heavy atom. The van der Waals surface area contributed by atoms with Crippen molar-refractivity contribution < 1.29 is 14.8 Å². The largest absolute Gasteiger partial charge is 0.395 e. The zero-order valence-corrected chi connectivity index (χ0v) is 32.6. The summed E-state index contributed by atoms with van der Waals surface area (Å²) in [6, 6.07) is 17.4. The molecule has 1 heterocycles. The maximum atomic E-state index is 9.35. The molecular formula is C42H57N4O2S2+. The van der Waals surface area contributed by atoms with Crippen LogP contribution in [0.15, 0.2) is 95.8 Å². The molecule has 3 rings (SSSR count). The molecule has 0 spiro atoms. The van der Waals surface area contributed by atoms with Crippen LogP contribution in [0.5, 0.6) is 0 Å². The summed E-state index contributed by atoms with van der Waals surface area (Å²) in [7, 11) is 3.76. The molecule has 2 N–H and O–H groups in total. The zero-order valence-electron chi connectivity index (χ0n) is 30.9. The number of allylic oxidation sites excluding steroid dienone is 5. The van der Waals surface area contributed by atoms with Gasteiger partial charge < -0.3 is 20.0 Å². The van der Waals surface area contributed by atoms with Crippen LogP contribution in [0.4, 0.5) is 11.4 Å². The number of aliphatic hydroxyl groups is 2. The number of rotatable bonds is 21. The Balaban J connectivity index is 1.42. The molecule has 50 heavy (non-hydrogen) atoms. The number of aryl methyl sites for hydroxylation is 3. The van der Waals surface area contributed by atoms with Crippen molar-refractivity contribution in [2.24, 2.45) is 4.99 Å². The normalized spacial score (nSPS) is 12.5. The first-order chi connectivity index (χ1) is 24.2. The van der Waals surface area contributed by atoms with Crippen molar-refractivity contribution in [3.8, 4) is 0 Å². The molecule has 0 fully saturated rings. The van der Waals surface area contributed by atoms with Crippen molar-refractivity contribution in [3.63, 3.8) is 0 Å². The number of aliphatic imine (C=N–C) groups is 1. The van der Waals surface area contributed by atoms with E-state index in [1.165, 1.54) is 33.4 Å². The van der Waals surface area contributed by atoms with Gasteiger partial charge in [-0.3, -0.25) is 4.99 Å². The van der Waals surface area contributed by atoms with Crippen molar-refractivity contribution in [3.05, 3.63) is 119 Å². The van der Waals surface area contributed by atoms with Crippen LogP contribution < -0.4 is 14.4 Å². The number of benzene rings is 2. The second-order valence-electron chi connectivity index (χ2n) is 12.2. The molecule has 3 aromatic rings. The molecule has 8 heteroatoms. The first kappa shape index (κ1) is 40.9. The monoisotopic (exact) mass is 713 g/mol. The van der Waals surface area contributed by atoms with Gasteiger partial charge in [0.25, 0.3) is 0 Å². The summed E-state index contributed by atoms with van der Waals surface area (Å²) in [5.41, 5.74) is 11.8. The van der Waals surface area contributed by atoms with Gasteiger partial charge in [0.15, 0.2) is 18.9 Å². The molecule has 0 radical (unpaired) electrons. The number of aromatic nitrogens is 1. The molecule has 268 valence electrons. The van der Waals surface area contributed by atoms with Gasteiger partial charge in [-0.05, 0) is 116 Å². The molecule has 0 amide bonds. The summed E-state index contributed by atoms with van der Waals surface area (Å²) in [5, 5.41) is 18.7. The van der Waals surface area contributed by atoms with Crippen LogP contribution in [-0.4, -0.2) is 73.9 Å². The quantitative estimate of drug-likeness (QED) is 0.0380. The number of hydrogen-bond acceptors (Lipinski definition) is 7. The number of nitrogens with zero attached hydrogens (tertiary/aromatic N) is 4. The number of pyridine rings is 1. The summed E-state index contributed by atoms with van der Waals surface area (Å²) >= 11 is 0. The summed E-state index contributed by atoms with van der Waals surface area (Å²) in [5.74, 6) is 2.00. The Labute approximate surface area is 309 Å². The van der Waals surface area contributed by atoms with E-state index in [0.717, 1.165) is 60.2 Å². The van der Waals surface area contributed by atoms with E-state index in [1.54, 1.807) is 0 Å². The highest BCUT2D eigenvalue weighted by Crippen LogP contribution is 2.25. The van der Waals surface area contributed by atoms with Crippen molar-refractivity contribution in [2.45, 2.75) is 48.1 Å². The van der Waals surface area contributed by atoms with E-state index >= 15 is 0 Å². The zero-order chi connectivity index (χ0) is 36.3. The first-order valence-corrected chi connectivity index (χ1v) is 20.1. The highest BCUT2D eigenvalue weighted by Gasteiger charge is 2.08. The second-order valence-corrected chi connectivity index (χ2v) is 14.9. The summed E-state index contributed by atoms with van der Waals surface area (Å²) in [6.45, 7) is 21.9. The lowest BCUT2D eigenvalue weighted by molar-refractivity contribution is -0.692. The molecule has 1 aromatic heterocycles. The maximum absolute atomic E-state index is 9.35. The lowest BCUT2D eigenvalue weighted by Crippen LogP contribution is -2.33. The Morgan fingerprint density at radius 1 is 0.820 bits per heavy atom. The van der Waals surface area contributed by atoms with E-state index in [2.05, 4.69) is 141 Å². The lowest BCUT2D eigenvalue weighted by Gasteiger charge is -2.23. The van der Waals surface area contributed by atoms with E-state index < -0.39 is 0 Å². The summed E-state index contributed by atoms with van der Waals surface area (Å²) in [4.78, 5) is 8.98. The van der Waals surface area contributed by atoms with Crippen LogP contribution in [0.1, 0.15) is 55.5 Å². The van der Waals surface area contributed by atoms with Gasteiger partial charge in [0, 0.05) is 68.2 Å². The average Bonchev–Trinajstić information content (AvgIpc) is 3.12. The third kappa shape index (κ3) is 13.0. The van der Waals surface area contributed by atoms with Crippen molar-refractivity contribution in [2.75, 3.05) is 67.2 Å². The Bertz CT molecular complexity index is 1630. The van der Waals surface area contributed by atoms with Crippen LogP contribution in [0.25, 0.3) is 17.7 Å². The van der Waals surface area contributed by atoms with Crippen LogP contribution in [0.3, 0.4) is 0 Å². The predicted octanol–water partition coefficient (Wildman–Crippen LogP) is 8.46. The molecule has 0 atom stereocenters. The number of hydrogen-bond donors (Lipinski definition) is 2. The van der Waals surface area contributed by atoms with E-state index in [4.69, 9.17) is 0 Å². The van der Waals surface area contributed by atoms with Gasteiger partial charge in [-0.15, -0.1) is 0 Å². The molecular weight excluding hydrogens is 657 g/mol. The van der Waals surface area contributed by atoms with Gasteiger partial charge in [-0.1, -0.05) is 58.5 Å². The molecule has 0 bridgehead atoms. The van der Waals surface area contributed by atoms with Crippen molar-refractivity contribution in [1.82, 2.24) is 0 Å². The third-order valence-corrected chi connectivity index (χ3v) is 11.1. The van der Waals surface area contributed by atoms with Gasteiger partial charge in [-0.2, -0.15) is 0 Å². The van der Waals surface area contributed by atoms with Crippen LogP contribution in [0, 0.1) is 13.8 Å². The van der Waals surface area contributed by atoms with Crippen LogP contribution in [0.2, 0.25) is 0 Å². The molecule has 0 aliphatic carbocycles. The Kier molecular flexibility index (Phi) is 18.2. The smallest absolute Gasteiger partial charge is 0.169 e. The SMILES string of the molecule is C=CC(=CC=NCCSSCC[n+]1ccc(C(C)=Cc2ccc(N(CC)CCO)cc2C)cc1)C(C)=Cc1ccc(N(CC)CCO)cc1C. The molecule has 0 aliphatic heterocycles. The molecule has 0 aliphatic rings. The summed E-state index contributed by atoms with van der Waals surface area (Å²) in [6.07, 6.45) is 14.6. The van der Waals surface area contributed by atoms with E-state index in [-0.39, 0.29) is 13.2 Å². The van der Waals surface area contributed by atoms with Gasteiger partial charge in [0.05, 0.1) is 19.0 Å². The number of aliphatic hydroxyl groups excluding tert-OH is 2. The van der Waals surface area contributed by atoms with Gasteiger partial charge in [0.1, 0.15) is 0 Å². The highest BCUT2D eigenvalue weighted by molar-refractivity contribution is 8.76. The molecule has 0 unspecified atom stereocenters. The molecule has 2 aromatic carbocycles. The maximum Gasteiger partial charge on any atom is 0.169 e. The Morgan fingerprint density at radius 3 is 1.90 bits per heavy atom. The fraction of sp³-hybridized carbons (Fsp3) is 0.381. The number of likely N-dealkylation sites (N-methyl/N-ethyl adjacent to an activating group) is 2. The van der Waals surface area contributed by atoms with Gasteiger partial charge in [-0.25, -0.2) is 4.57 Å². The topological polar surface area (TPSA) is 63.2 Å². The predicted molar refractivity (Wildman–Crippen MR) is 223 cm³/mol. The highest BCUT2D eigenvalue weighted by atomic mass is 33.1. The van der Waals surface area contributed by atoms with Crippen molar-refractivity contribution >= 4 is 56.9 Å². The van der Waals surface area contributed by atoms with E-state index in [1.807, 2.05) is 40.0 Å². The summed E-state index contributed by atoms with van der Waals surface area (Å²) < 4.78 is 2.24.